The molecule has 1 unspecified atom stereocenters. The van der Waals surface area contributed by atoms with E-state index in [-0.39, 0.29) is 42.3 Å². The van der Waals surface area contributed by atoms with Crippen LogP contribution in [0, 0.1) is 18.8 Å². The number of likely N-dealkylation sites (N-methyl/N-ethyl adjacent to an activating group) is 1. The van der Waals surface area contributed by atoms with E-state index in [4.69, 9.17) is 0 Å². The van der Waals surface area contributed by atoms with Gasteiger partial charge in [-0.2, -0.15) is 23.3 Å². The summed E-state index contributed by atoms with van der Waals surface area (Å²) in [7, 11) is 1.86. The number of nitrogens with zero attached hydrogens (tertiary/aromatic N) is 5. The number of aryl methyl sites for hydroxylation is 1. The zero-order chi connectivity index (χ0) is 24.4. The number of amides is 1. The number of carbonyl (C=O) groups excluding carboxylic acids is 1. The van der Waals surface area contributed by atoms with Gasteiger partial charge in [0.1, 0.15) is 17.4 Å². The third-order valence-electron chi connectivity index (χ3n) is 7.06. The summed E-state index contributed by atoms with van der Waals surface area (Å²) in [6.45, 7) is 6.07. The highest BCUT2D eigenvalue weighted by molar-refractivity contribution is 6.03. The summed E-state index contributed by atoms with van der Waals surface area (Å²) in [5, 5.41) is 10.5. The van der Waals surface area contributed by atoms with E-state index in [1.165, 1.54) is 6.07 Å². The topological polar surface area (TPSA) is 88.0 Å². The van der Waals surface area contributed by atoms with Gasteiger partial charge in [-0.1, -0.05) is 13.8 Å². The van der Waals surface area contributed by atoms with Crippen molar-refractivity contribution in [2.45, 2.75) is 77.2 Å². The molecule has 1 atom stereocenters. The number of hydrogen-bond donors (Lipinski definition) is 2. The van der Waals surface area contributed by atoms with Gasteiger partial charge in [-0.3, -0.25) is 9.48 Å². The van der Waals surface area contributed by atoms with Gasteiger partial charge in [0.05, 0.1) is 11.4 Å². The molecule has 0 aromatic carbocycles. The van der Waals surface area contributed by atoms with Crippen LogP contribution in [0.1, 0.15) is 62.5 Å². The molecule has 2 aliphatic carbocycles. The van der Waals surface area contributed by atoms with E-state index >= 15 is 0 Å². The van der Waals surface area contributed by atoms with Crippen molar-refractivity contribution in [2.75, 3.05) is 22.6 Å². The van der Waals surface area contributed by atoms with Crippen LogP contribution in [0.25, 0.3) is 0 Å². The average Bonchev–Trinajstić information content (AvgIpc) is 3.46. The van der Waals surface area contributed by atoms with Crippen LogP contribution in [0.3, 0.4) is 0 Å². The molecule has 2 N–H and O–H groups in total. The Balaban J connectivity index is 1.25. The lowest BCUT2D eigenvalue weighted by Gasteiger charge is -2.38. The lowest BCUT2D eigenvalue weighted by Crippen LogP contribution is -2.50. The Morgan fingerprint density at radius 3 is 2.56 bits per heavy atom. The maximum absolute atomic E-state index is 13.5. The molecule has 2 saturated carbocycles. The molecule has 34 heavy (non-hydrogen) atoms. The van der Waals surface area contributed by atoms with Crippen molar-refractivity contribution < 1.29 is 18.0 Å². The number of nitrogens with one attached hydrogen (secondary N) is 2. The standard InChI is InChI=1S/C23H30F3N7O/c1-11(2)19-21(34)29-18-12(3)27-22(30-20(18)32(19)4)28-15-7-13(8-15)10-33-17(23(24,25)26)9-16(31-33)14-5-6-14/h9,11,13-15,19H,5-8,10H2,1-4H3,(H,29,34)(H,27,28,30). The Hall–Kier alpha value is -2.85. The van der Waals surface area contributed by atoms with E-state index in [1.54, 1.807) is 0 Å². The fraction of sp³-hybridized carbons (Fsp3) is 0.652. The number of alkyl halides is 3. The molecule has 1 amide bonds. The largest absolute Gasteiger partial charge is 0.433 e. The first kappa shape index (κ1) is 22.9. The van der Waals surface area contributed by atoms with Gasteiger partial charge in [-0.05, 0) is 50.5 Å². The van der Waals surface area contributed by atoms with Crippen LogP contribution in [0.4, 0.5) is 30.6 Å². The summed E-state index contributed by atoms with van der Waals surface area (Å²) in [4.78, 5) is 23.5. The van der Waals surface area contributed by atoms with Crippen LogP contribution in [0.15, 0.2) is 6.07 Å². The van der Waals surface area contributed by atoms with Crippen molar-refractivity contribution in [2.24, 2.45) is 11.8 Å². The molecule has 3 heterocycles. The van der Waals surface area contributed by atoms with E-state index in [0.717, 1.165) is 30.4 Å². The lowest BCUT2D eigenvalue weighted by atomic mass is 9.80. The summed E-state index contributed by atoms with van der Waals surface area (Å²) in [5.41, 5.74) is 1.20. The number of halogens is 3. The van der Waals surface area contributed by atoms with Crippen molar-refractivity contribution in [1.29, 1.82) is 0 Å². The van der Waals surface area contributed by atoms with Crippen LogP contribution in [0.5, 0.6) is 0 Å². The lowest BCUT2D eigenvalue weighted by molar-refractivity contribution is -0.144. The Kier molecular flexibility index (Phi) is 5.48. The number of carbonyl (C=O) groups is 1. The van der Waals surface area contributed by atoms with E-state index < -0.39 is 11.9 Å². The Labute approximate surface area is 196 Å². The van der Waals surface area contributed by atoms with Gasteiger partial charge >= 0.3 is 6.18 Å². The minimum atomic E-state index is -4.40. The smallest absolute Gasteiger partial charge is 0.351 e. The van der Waals surface area contributed by atoms with Crippen LogP contribution >= 0.6 is 0 Å². The molecule has 184 valence electrons. The number of hydrogen-bond acceptors (Lipinski definition) is 6. The van der Waals surface area contributed by atoms with Crippen LogP contribution in [-0.2, 0) is 17.5 Å². The highest BCUT2D eigenvalue weighted by Crippen LogP contribution is 2.42. The third-order valence-corrected chi connectivity index (χ3v) is 7.06. The zero-order valence-electron chi connectivity index (χ0n) is 19.8. The Morgan fingerprint density at radius 1 is 1.24 bits per heavy atom. The van der Waals surface area contributed by atoms with Crippen molar-refractivity contribution in [3.8, 4) is 0 Å². The first-order valence-electron chi connectivity index (χ1n) is 11.8. The highest BCUT2D eigenvalue weighted by atomic mass is 19.4. The van der Waals surface area contributed by atoms with Gasteiger partial charge in [0, 0.05) is 25.6 Å². The van der Waals surface area contributed by atoms with E-state index in [0.29, 0.717) is 28.8 Å². The summed E-state index contributed by atoms with van der Waals surface area (Å²) in [6, 6.07) is 0.981. The molecule has 8 nitrogen and oxygen atoms in total. The Bertz CT molecular complexity index is 1100. The van der Waals surface area contributed by atoms with E-state index in [9.17, 15) is 18.0 Å². The fourth-order valence-corrected chi connectivity index (χ4v) is 5.09. The second-order valence-corrected chi connectivity index (χ2v) is 10.2. The van der Waals surface area contributed by atoms with Crippen LogP contribution < -0.4 is 15.5 Å². The molecule has 0 bridgehead atoms. The number of aromatic nitrogens is 4. The molecule has 3 aliphatic rings. The SMILES string of the molecule is Cc1nc(NC2CC(Cn3nc(C4CC4)cc3C(F)(F)F)C2)nc2c1NC(=O)C(C(C)C)N2C. The first-order chi connectivity index (χ1) is 16.0. The molecule has 2 aromatic rings. The number of anilines is 3. The summed E-state index contributed by atoms with van der Waals surface area (Å²) >= 11 is 0. The fourth-order valence-electron chi connectivity index (χ4n) is 5.09. The van der Waals surface area contributed by atoms with E-state index in [1.807, 2.05) is 32.7 Å². The van der Waals surface area contributed by atoms with Gasteiger partial charge in [-0.25, -0.2) is 4.98 Å². The molecule has 0 radical (unpaired) electrons. The van der Waals surface area contributed by atoms with E-state index in [2.05, 4.69) is 25.7 Å². The van der Waals surface area contributed by atoms with Crippen LogP contribution in [0.2, 0.25) is 0 Å². The zero-order valence-corrected chi connectivity index (χ0v) is 19.8. The molecule has 0 spiro atoms. The second-order valence-electron chi connectivity index (χ2n) is 10.2. The van der Waals surface area contributed by atoms with Gasteiger partial charge in [0.25, 0.3) is 0 Å². The molecule has 1 aliphatic heterocycles. The molecule has 11 heteroatoms. The first-order valence-corrected chi connectivity index (χ1v) is 11.8. The minimum absolute atomic E-state index is 0.0686. The summed E-state index contributed by atoms with van der Waals surface area (Å²) < 4.78 is 41.6. The number of rotatable bonds is 6. The van der Waals surface area contributed by atoms with Crippen molar-refractivity contribution in [3.05, 3.63) is 23.1 Å². The highest BCUT2D eigenvalue weighted by Gasteiger charge is 2.40. The predicted molar refractivity (Wildman–Crippen MR) is 122 cm³/mol. The van der Waals surface area contributed by atoms with Gasteiger partial charge in [0.2, 0.25) is 11.9 Å². The maximum atomic E-state index is 13.5. The second kappa shape index (κ2) is 8.13. The maximum Gasteiger partial charge on any atom is 0.433 e. The molecule has 0 saturated heterocycles. The third kappa shape index (κ3) is 4.20. The molecular weight excluding hydrogens is 447 g/mol. The van der Waals surface area contributed by atoms with Gasteiger partial charge < -0.3 is 15.5 Å². The van der Waals surface area contributed by atoms with Crippen LogP contribution in [-0.4, -0.2) is 44.8 Å². The molecule has 2 fully saturated rings. The molecular formula is C23H30F3N7O. The van der Waals surface area contributed by atoms with Crippen molar-refractivity contribution in [3.63, 3.8) is 0 Å². The van der Waals surface area contributed by atoms with Gasteiger partial charge in [0.15, 0.2) is 5.82 Å². The minimum Gasteiger partial charge on any atom is -0.351 e. The predicted octanol–water partition coefficient (Wildman–Crippen LogP) is 4.18. The molecule has 2 aromatic heterocycles. The Morgan fingerprint density at radius 2 is 1.94 bits per heavy atom. The van der Waals surface area contributed by atoms with Crippen molar-refractivity contribution in [1.82, 2.24) is 19.7 Å². The normalized spacial score (nSPS) is 24.6. The monoisotopic (exact) mass is 477 g/mol. The summed E-state index contributed by atoms with van der Waals surface area (Å²) in [6.07, 6.45) is -1.13. The summed E-state index contributed by atoms with van der Waals surface area (Å²) in [5.74, 6) is 1.47. The average molecular weight is 478 g/mol. The quantitative estimate of drug-likeness (QED) is 0.649. The molecule has 5 rings (SSSR count). The number of fused-ring (bicyclic) bond motifs is 1. The van der Waals surface area contributed by atoms with Gasteiger partial charge in [-0.15, -0.1) is 0 Å². The van der Waals surface area contributed by atoms with Crippen molar-refractivity contribution >= 4 is 23.4 Å².